The Kier molecular flexibility index (Phi) is 9.11. The molecule has 0 amide bonds. The average molecular weight is 620 g/mol. The monoisotopic (exact) mass is 619 g/mol. The van der Waals surface area contributed by atoms with Crippen LogP contribution in [-0.4, -0.2) is 85.7 Å². The molecule has 3 aliphatic rings. The third-order valence-electron chi connectivity index (χ3n) is 6.59. The molecule has 5 rings (SSSR count). The summed E-state index contributed by atoms with van der Waals surface area (Å²) >= 11 is 3.57. The summed E-state index contributed by atoms with van der Waals surface area (Å²) in [6, 6.07) is 11.4. The van der Waals surface area contributed by atoms with Crippen LogP contribution in [0, 0.1) is 0 Å². The number of halogens is 1. The van der Waals surface area contributed by atoms with Gasteiger partial charge in [0.25, 0.3) is 0 Å². The van der Waals surface area contributed by atoms with Crippen LogP contribution in [0.3, 0.4) is 0 Å². The fraction of sp³-hybridized carbons (Fsp3) is 0.423. The number of aromatic nitrogens is 1. The highest BCUT2D eigenvalue weighted by molar-refractivity contribution is 9.10. The Bertz CT molecular complexity index is 1270. The Morgan fingerprint density at radius 2 is 1.77 bits per heavy atom. The Labute approximate surface area is 235 Å². The number of anilines is 1. The van der Waals surface area contributed by atoms with E-state index in [2.05, 4.69) is 26.2 Å². The van der Waals surface area contributed by atoms with E-state index in [9.17, 15) is 9.36 Å². The number of benzene rings is 1. The van der Waals surface area contributed by atoms with Gasteiger partial charge < -0.3 is 24.1 Å². The zero-order valence-electron chi connectivity index (χ0n) is 21.7. The minimum absolute atomic E-state index is 0.0683. The second kappa shape index (κ2) is 12.7. The number of aliphatic imine (C=N–C) groups is 1. The lowest BCUT2D eigenvalue weighted by atomic mass is 10.0. The Hall–Kier alpha value is -2.60. The summed E-state index contributed by atoms with van der Waals surface area (Å²) in [4.78, 5) is 21.7. The van der Waals surface area contributed by atoms with Crippen molar-refractivity contribution < 1.29 is 28.1 Å². The largest absolute Gasteiger partial charge is 0.469 e. The molecule has 0 bridgehead atoms. The van der Waals surface area contributed by atoms with Gasteiger partial charge in [-0.25, -0.2) is 18.9 Å². The van der Waals surface area contributed by atoms with E-state index in [1.165, 1.54) is 7.11 Å². The maximum atomic E-state index is 14.8. The molecule has 0 saturated carbocycles. The van der Waals surface area contributed by atoms with Gasteiger partial charge in [0.2, 0.25) is 5.88 Å². The van der Waals surface area contributed by atoms with Gasteiger partial charge in [0.15, 0.2) is 0 Å². The van der Waals surface area contributed by atoms with E-state index in [4.69, 9.17) is 23.7 Å². The van der Waals surface area contributed by atoms with Gasteiger partial charge in [0.1, 0.15) is 5.70 Å². The SMILES string of the molecule is COC(=O)CCC1=C(OP(=O)(N2CCOCC2)N2CCOCC2)Nc2ccc(Br)cc2C(c2ccccn2)=N1. The topological polar surface area (TPSA) is 115 Å². The fourth-order valence-corrected chi connectivity index (χ4v) is 7.23. The van der Waals surface area contributed by atoms with Crippen LogP contribution in [-0.2, 0) is 28.1 Å². The van der Waals surface area contributed by atoms with E-state index in [1.807, 2.05) is 45.7 Å². The lowest BCUT2D eigenvalue weighted by molar-refractivity contribution is -0.140. The third kappa shape index (κ3) is 6.42. The molecule has 0 atom stereocenters. The van der Waals surface area contributed by atoms with Gasteiger partial charge in [-0.1, -0.05) is 22.0 Å². The Balaban J connectivity index is 1.63. The van der Waals surface area contributed by atoms with Crippen molar-refractivity contribution in [3.63, 3.8) is 0 Å². The van der Waals surface area contributed by atoms with Gasteiger partial charge in [0.05, 0.1) is 57.1 Å². The van der Waals surface area contributed by atoms with Crippen molar-refractivity contribution in [1.29, 1.82) is 0 Å². The number of methoxy groups -OCH3 is 1. The van der Waals surface area contributed by atoms with Gasteiger partial charge in [-0.15, -0.1) is 0 Å². The lowest BCUT2D eigenvalue weighted by Crippen LogP contribution is -2.44. The van der Waals surface area contributed by atoms with Crippen LogP contribution in [0.25, 0.3) is 0 Å². The molecule has 2 saturated heterocycles. The zero-order chi connectivity index (χ0) is 27.2. The maximum Gasteiger partial charge on any atom is 0.397 e. The standard InChI is InChI=1S/C26H31BrN5O6P/c1-35-24(33)8-7-23-26(38-39(34,31-10-14-36-15-11-31)32-12-16-37-17-13-32)30-21-6-5-19(27)18-20(21)25(29-23)22-4-2-3-9-28-22/h2-6,9,18,30H,7-8,10-17H2,1H3. The van der Waals surface area contributed by atoms with Gasteiger partial charge in [-0.05, 0) is 30.3 Å². The number of carbonyl (C=O) groups excluding carboxylic acids is 1. The van der Waals surface area contributed by atoms with E-state index >= 15 is 0 Å². The number of hydrogen-bond donors (Lipinski definition) is 1. The normalized spacial score (nSPS) is 19.0. The number of allylic oxidation sites excluding steroid dienone is 1. The highest BCUT2D eigenvalue weighted by Gasteiger charge is 2.43. The van der Waals surface area contributed by atoms with Crippen molar-refractivity contribution in [3.8, 4) is 0 Å². The van der Waals surface area contributed by atoms with Crippen LogP contribution in [0.4, 0.5) is 5.69 Å². The first-order chi connectivity index (χ1) is 19.0. The van der Waals surface area contributed by atoms with Crippen molar-refractivity contribution in [2.24, 2.45) is 4.99 Å². The molecule has 0 radical (unpaired) electrons. The lowest BCUT2D eigenvalue weighted by Gasteiger charge is -2.41. The predicted octanol–water partition coefficient (Wildman–Crippen LogP) is 4.02. The van der Waals surface area contributed by atoms with Crippen molar-refractivity contribution in [2.75, 3.05) is 65.0 Å². The number of rotatable bonds is 8. The van der Waals surface area contributed by atoms with Crippen LogP contribution in [0.15, 0.2) is 63.6 Å². The van der Waals surface area contributed by atoms with Crippen LogP contribution in [0.2, 0.25) is 0 Å². The fourth-order valence-electron chi connectivity index (χ4n) is 4.55. The quantitative estimate of drug-likeness (QED) is 0.343. The van der Waals surface area contributed by atoms with Crippen LogP contribution in [0.5, 0.6) is 0 Å². The van der Waals surface area contributed by atoms with Crippen LogP contribution < -0.4 is 5.32 Å². The maximum absolute atomic E-state index is 14.8. The number of esters is 1. The molecule has 1 N–H and O–H groups in total. The van der Waals surface area contributed by atoms with Crippen molar-refractivity contribution >= 4 is 41.0 Å². The van der Waals surface area contributed by atoms with E-state index in [-0.39, 0.29) is 24.7 Å². The molecule has 0 aliphatic carbocycles. The van der Waals surface area contributed by atoms with Crippen molar-refractivity contribution in [3.05, 3.63) is 69.9 Å². The number of morpholine rings is 2. The molecule has 4 heterocycles. The van der Waals surface area contributed by atoms with Gasteiger partial charge in [-0.3, -0.25) is 9.78 Å². The molecule has 2 fully saturated rings. The molecular formula is C26H31BrN5O6P. The van der Waals surface area contributed by atoms with Gasteiger partial charge >= 0.3 is 13.6 Å². The number of nitrogens with zero attached hydrogens (tertiary/aromatic N) is 4. The first kappa shape index (κ1) is 27.9. The molecule has 39 heavy (non-hydrogen) atoms. The van der Waals surface area contributed by atoms with Crippen molar-refractivity contribution in [2.45, 2.75) is 12.8 Å². The number of nitrogens with one attached hydrogen (secondary N) is 1. The molecule has 0 unspecified atom stereocenters. The molecule has 2 aromatic rings. The number of hydrogen-bond acceptors (Lipinski definition) is 9. The number of pyridine rings is 1. The molecule has 0 spiro atoms. The van der Waals surface area contributed by atoms with E-state index in [0.717, 1.165) is 10.0 Å². The zero-order valence-corrected chi connectivity index (χ0v) is 24.2. The van der Waals surface area contributed by atoms with E-state index in [0.29, 0.717) is 75.4 Å². The van der Waals surface area contributed by atoms with Crippen LogP contribution >= 0.6 is 23.6 Å². The van der Waals surface area contributed by atoms with Crippen molar-refractivity contribution in [1.82, 2.24) is 14.3 Å². The highest BCUT2D eigenvalue weighted by atomic mass is 79.9. The summed E-state index contributed by atoms with van der Waals surface area (Å²) in [5.74, 6) is -0.153. The molecule has 13 heteroatoms. The highest BCUT2D eigenvalue weighted by Crippen LogP contribution is 2.57. The smallest absolute Gasteiger partial charge is 0.397 e. The first-order valence-corrected chi connectivity index (χ1v) is 15.1. The summed E-state index contributed by atoms with van der Waals surface area (Å²) in [6.45, 7) is 3.68. The molecular weight excluding hydrogens is 589 g/mol. The summed E-state index contributed by atoms with van der Waals surface area (Å²) in [6.07, 6.45) is 1.97. The summed E-state index contributed by atoms with van der Waals surface area (Å²) in [7, 11) is -2.24. The van der Waals surface area contributed by atoms with E-state index in [1.54, 1.807) is 6.20 Å². The Morgan fingerprint density at radius 3 is 2.38 bits per heavy atom. The Morgan fingerprint density at radius 1 is 1.08 bits per heavy atom. The van der Waals surface area contributed by atoms with E-state index < -0.39 is 7.67 Å². The summed E-state index contributed by atoms with van der Waals surface area (Å²) < 4.78 is 41.9. The summed E-state index contributed by atoms with van der Waals surface area (Å²) in [5.41, 5.74) is 3.19. The average Bonchev–Trinajstić information content (AvgIpc) is 3.13. The molecule has 1 aromatic heterocycles. The minimum Gasteiger partial charge on any atom is -0.469 e. The second-order valence-electron chi connectivity index (χ2n) is 9.06. The second-order valence-corrected chi connectivity index (χ2v) is 12.3. The number of carbonyl (C=O) groups is 1. The predicted molar refractivity (Wildman–Crippen MR) is 149 cm³/mol. The first-order valence-electron chi connectivity index (χ1n) is 12.8. The number of ether oxygens (including phenoxy) is 3. The van der Waals surface area contributed by atoms with Gasteiger partial charge in [-0.2, -0.15) is 0 Å². The summed E-state index contributed by atoms with van der Waals surface area (Å²) in [5, 5.41) is 3.37. The third-order valence-corrected chi connectivity index (χ3v) is 9.74. The van der Waals surface area contributed by atoms with Crippen LogP contribution in [0.1, 0.15) is 24.1 Å². The minimum atomic E-state index is -3.59. The molecule has 11 nitrogen and oxygen atoms in total. The number of fused-ring (bicyclic) bond motifs is 1. The van der Waals surface area contributed by atoms with Gasteiger partial charge in [0, 0.05) is 48.8 Å². The molecule has 3 aliphatic heterocycles. The molecule has 1 aromatic carbocycles. The molecule has 208 valence electrons.